The predicted molar refractivity (Wildman–Crippen MR) is 426 cm³/mol. The molecule has 101 heavy (non-hydrogen) atoms. The van der Waals surface area contributed by atoms with E-state index in [9.17, 15) is 0 Å². The molecule has 0 N–H and O–H groups in total. The standard InChI is InChI=1S/C97H68N4/c1-97(2)89-28-13-9-24-81(89)82-52-51-80(62-90(82)97)98(76-46-38-64(39-47-76)63-18-5-3-6-19-63)77-48-40-67(41-49-77)74-45-54-95-87(61-74)84-26-11-15-30-92(84)100(95)78-23-17-20-68(57-78)69-36-37-71-58-79(50-42-70(71)56-69)101-93-31-16-12-27-85(93)88-60-73(44-55-96(88)101)66-34-32-65(33-35-66)72-43-53-94-86(59-72)83-25-10-14-29-91(83)99(94)75-21-7-4-8-22-75/h3-40,42-62,67H,41H2,1-2H3. The lowest BCUT2D eigenvalue weighted by molar-refractivity contribution is 0.660. The highest BCUT2D eigenvalue weighted by atomic mass is 15.1. The molecule has 1 atom stereocenters. The number of aromatic nitrogens is 3. The molecule has 0 fully saturated rings. The Labute approximate surface area is 587 Å². The highest BCUT2D eigenvalue weighted by molar-refractivity contribution is 6.13. The molecule has 2 aliphatic carbocycles. The number of para-hydroxylation sites is 4. The molecule has 4 nitrogen and oxygen atoms in total. The van der Waals surface area contributed by atoms with Crippen molar-refractivity contribution in [3.63, 3.8) is 0 Å². The fraction of sp³-hybridized carbons (Fsp3) is 0.0515. The van der Waals surface area contributed by atoms with E-state index in [0.717, 1.165) is 23.5 Å². The first kappa shape index (κ1) is 58.4. The fourth-order valence-corrected chi connectivity index (χ4v) is 16.9. The number of rotatable bonds is 11. The van der Waals surface area contributed by atoms with Crippen molar-refractivity contribution in [2.45, 2.75) is 31.6 Å². The third-order valence-corrected chi connectivity index (χ3v) is 22.0. The second kappa shape index (κ2) is 23.2. The topological polar surface area (TPSA) is 18.0 Å². The van der Waals surface area contributed by atoms with Gasteiger partial charge in [0.15, 0.2) is 0 Å². The molecule has 3 aromatic heterocycles. The van der Waals surface area contributed by atoms with Crippen LogP contribution in [0.1, 0.15) is 42.9 Å². The van der Waals surface area contributed by atoms with Gasteiger partial charge in [-0.15, -0.1) is 0 Å². The number of allylic oxidation sites excluding steroid dienone is 3. The van der Waals surface area contributed by atoms with Crippen LogP contribution in [-0.2, 0) is 5.41 Å². The van der Waals surface area contributed by atoms with Gasteiger partial charge < -0.3 is 18.6 Å². The van der Waals surface area contributed by atoms with Crippen LogP contribution in [0.15, 0.2) is 364 Å². The number of nitrogens with zero attached hydrogens (tertiary/aromatic N) is 4. The number of fused-ring (bicyclic) bond motifs is 13. The normalized spacial score (nSPS) is 14.0. The second-order valence-corrected chi connectivity index (χ2v) is 28.0. The van der Waals surface area contributed by atoms with E-state index in [2.05, 4.69) is 390 Å². The largest absolute Gasteiger partial charge is 0.311 e. The number of hydrogen-bond acceptors (Lipinski definition) is 1. The van der Waals surface area contributed by atoms with Gasteiger partial charge in [0.1, 0.15) is 0 Å². The van der Waals surface area contributed by atoms with Gasteiger partial charge in [0.05, 0.1) is 33.1 Å². The summed E-state index contributed by atoms with van der Waals surface area (Å²) in [6.45, 7) is 4.74. The lowest BCUT2D eigenvalue weighted by Gasteiger charge is -2.31. The van der Waals surface area contributed by atoms with Gasteiger partial charge in [-0.3, -0.25) is 0 Å². The molecule has 2 aliphatic rings. The summed E-state index contributed by atoms with van der Waals surface area (Å²) in [6.07, 6.45) is 8.11. The van der Waals surface area contributed by atoms with Crippen LogP contribution in [0, 0.1) is 0 Å². The van der Waals surface area contributed by atoms with Crippen molar-refractivity contribution in [2.75, 3.05) is 4.90 Å². The zero-order valence-electron chi connectivity index (χ0n) is 56.1. The van der Waals surface area contributed by atoms with Gasteiger partial charge >= 0.3 is 0 Å². The molecule has 0 aliphatic heterocycles. The first-order chi connectivity index (χ1) is 49.8. The zero-order valence-corrected chi connectivity index (χ0v) is 56.1. The fourth-order valence-electron chi connectivity index (χ4n) is 16.9. The zero-order chi connectivity index (χ0) is 66.9. The van der Waals surface area contributed by atoms with Gasteiger partial charge in [-0.05, 0) is 217 Å². The van der Waals surface area contributed by atoms with Crippen LogP contribution in [0.5, 0.6) is 0 Å². The molecule has 4 heteroatoms. The minimum absolute atomic E-state index is 0.113. The number of anilines is 2. The first-order valence-electron chi connectivity index (χ1n) is 35.3. The summed E-state index contributed by atoms with van der Waals surface area (Å²) in [4.78, 5) is 2.46. The van der Waals surface area contributed by atoms with Crippen molar-refractivity contribution in [1.29, 1.82) is 0 Å². The molecular formula is C97H68N4. The minimum atomic E-state index is -0.113. The van der Waals surface area contributed by atoms with Crippen molar-refractivity contribution in [3.05, 3.63) is 380 Å². The minimum Gasteiger partial charge on any atom is -0.311 e. The lowest BCUT2D eigenvalue weighted by atomic mass is 9.82. The molecule has 20 rings (SSSR count). The Balaban J connectivity index is 0.578. The van der Waals surface area contributed by atoms with Crippen LogP contribution in [0.2, 0.25) is 0 Å². The SMILES string of the molecule is CC1(C)c2ccccc2-c2ccc(N(C3=CCC(c4ccc5c(c4)c4ccccc4n5-c4cccc(-c5ccc6cc(-n7c8ccccc8c8cc(-c9ccc(-c%10ccc%11c(c%10)c%10ccccc%10n%11-c%10ccccc%10)cc9)ccc87)ccc6c5)c4)C=C3)c3ccc(-c4ccccc4)cc3)cc21. The summed E-state index contributed by atoms with van der Waals surface area (Å²) >= 11 is 0. The smallest absolute Gasteiger partial charge is 0.0541 e. The summed E-state index contributed by atoms with van der Waals surface area (Å²) in [6, 6.07) is 126. The highest BCUT2D eigenvalue weighted by Crippen LogP contribution is 2.51. The van der Waals surface area contributed by atoms with Gasteiger partial charge in [-0.25, -0.2) is 0 Å². The van der Waals surface area contributed by atoms with Crippen LogP contribution in [0.25, 0.3) is 149 Å². The molecule has 0 amide bonds. The van der Waals surface area contributed by atoms with Gasteiger partial charge in [0.25, 0.3) is 0 Å². The van der Waals surface area contributed by atoms with Gasteiger partial charge in [0.2, 0.25) is 0 Å². The maximum atomic E-state index is 2.46. The lowest BCUT2D eigenvalue weighted by Crippen LogP contribution is -2.19. The van der Waals surface area contributed by atoms with Crippen molar-refractivity contribution < 1.29 is 0 Å². The van der Waals surface area contributed by atoms with Crippen LogP contribution in [0.4, 0.5) is 11.4 Å². The number of benzene rings is 15. The van der Waals surface area contributed by atoms with Crippen LogP contribution in [-0.4, -0.2) is 13.7 Å². The molecule has 0 radical (unpaired) electrons. The Morgan fingerprint density at radius 1 is 0.297 bits per heavy atom. The Bertz CT molecular complexity index is 6430. The molecule has 15 aromatic carbocycles. The van der Waals surface area contributed by atoms with Gasteiger partial charge in [0, 0.05) is 77.8 Å². The molecule has 0 spiro atoms. The van der Waals surface area contributed by atoms with Crippen molar-refractivity contribution in [3.8, 4) is 72.7 Å². The average Bonchev–Trinajstić information content (AvgIpc) is 1.60. The third-order valence-electron chi connectivity index (χ3n) is 22.0. The maximum Gasteiger partial charge on any atom is 0.0541 e. The van der Waals surface area contributed by atoms with Crippen molar-refractivity contribution in [1.82, 2.24) is 13.7 Å². The molecule has 1 unspecified atom stereocenters. The highest BCUT2D eigenvalue weighted by Gasteiger charge is 2.36. The maximum absolute atomic E-state index is 2.46. The molecular weight excluding hydrogens is 1220 g/mol. The quantitative estimate of drug-likeness (QED) is 0.126. The Kier molecular flexibility index (Phi) is 13.4. The van der Waals surface area contributed by atoms with E-state index in [1.165, 1.54) is 166 Å². The molecule has 0 bridgehead atoms. The monoisotopic (exact) mass is 1290 g/mol. The number of hydrogen-bond donors (Lipinski definition) is 0. The predicted octanol–water partition coefficient (Wildman–Crippen LogP) is 25.9. The van der Waals surface area contributed by atoms with Crippen LogP contribution in [0.3, 0.4) is 0 Å². The molecule has 0 saturated carbocycles. The Hall–Kier alpha value is -12.8. The summed E-state index contributed by atoms with van der Waals surface area (Å²) < 4.78 is 7.26. The van der Waals surface area contributed by atoms with E-state index < -0.39 is 0 Å². The average molecular weight is 1290 g/mol. The second-order valence-electron chi connectivity index (χ2n) is 28.0. The van der Waals surface area contributed by atoms with E-state index in [-0.39, 0.29) is 11.3 Å². The summed E-state index contributed by atoms with van der Waals surface area (Å²) in [5, 5.41) is 9.91. The van der Waals surface area contributed by atoms with Gasteiger partial charge in [-0.2, -0.15) is 0 Å². The first-order valence-corrected chi connectivity index (χ1v) is 35.3. The summed E-state index contributed by atoms with van der Waals surface area (Å²) in [7, 11) is 0. The van der Waals surface area contributed by atoms with Crippen molar-refractivity contribution in [2.24, 2.45) is 0 Å². The van der Waals surface area contributed by atoms with Crippen LogP contribution < -0.4 is 4.90 Å². The molecule has 476 valence electrons. The summed E-state index contributed by atoms with van der Waals surface area (Å²) in [5.74, 6) is 0.218. The molecule has 0 saturated heterocycles. The molecule has 18 aromatic rings. The van der Waals surface area contributed by atoms with Gasteiger partial charge in [-0.1, -0.05) is 244 Å². The summed E-state index contributed by atoms with van der Waals surface area (Å²) in [5.41, 5.74) is 30.3. The van der Waals surface area contributed by atoms with Crippen molar-refractivity contribution >= 4 is 87.6 Å². The molecule has 3 heterocycles. The van der Waals surface area contributed by atoms with E-state index in [0.29, 0.717) is 0 Å². The van der Waals surface area contributed by atoms with E-state index in [1.807, 2.05) is 0 Å². The third kappa shape index (κ3) is 9.58. The Morgan fingerprint density at radius 3 is 1.40 bits per heavy atom. The van der Waals surface area contributed by atoms with Crippen LogP contribution >= 0.6 is 0 Å². The van der Waals surface area contributed by atoms with E-state index in [4.69, 9.17) is 0 Å². The van der Waals surface area contributed by atoms with E-state index >= 15 is 0 Å². The Morgan fingerprint density at radius 2 is 0.743 bits per heavy atom. The van der Waals surface area contributed by atoms with E-state index in [1.54, 1.807) is 0 Å².